The van der Waals surface area contributed by atoms with Gasteiger partial charge in [0, 0.05) is 5.56 Å². The van der Waals surface area contributed by atoms with Crippen molar-refractivity contribution in [1.82, 2.24) is 0 Å². The van der Waals surface area contributed by atoms with Gasteiger partial charge >= 0.3 is 0 Å². The van der Waals surface area contributed by atoms with Gasteiger partial charge in [-0.3, -0.25) is 4.79 Å². The lowest BCUT2D eigenvalue weighted by Crippen LogP contribution is -1.94. The highest BCUT2D eigenvalue weighted by Gasteiger charge is 2.12. The first kappa shape index (κ1) is 9.60. The normalized spacial score (nSPS) is 9.42. The van der Waals surface area contributed by atoms with E-state index in [1.165, 1.54) is 6.07 Å². The summed E-state index contributed by atoms with van der Waals surface area (Å²) >= 11 is 12.5. The lowest BCUT2D eigenvalue weighted by molar-refractivity contribution is 0.0999. The van der Waals surface area contributed by atoms with E-state index in [1.54, 1.807) is 0 Å². The lowest BCUT2D eigenvalue weighted by Gasteiger charge is -1.90. The first-order chi connectivity index (χ1) is 5.65. The molecule has 0 atom stereocenters. The summed E-state index contributed by atoms with van der Waals surface area (Å²) in [6, 6.07) is 1.54. The van der Waals surface area contributed by atoms with E-state index in [0.29, 0.717) is 14.2 Å². The molecule has 0 amide bonds. The van der Waals surface area contributed by atoms with E-state index in [9.17, 15) is 4.79 Å². The summed E-state index contributed by atoms with van der Waals surface area (Å²) in [5.74, 6) is 2.09. The summed E-state index contributed by atoms with van der Waals surface area (Å²) in [6.45, 7) is 0. The van der Waals surface area contributed by atoms with Crippen LogP contribution in [0.5, 0.6) is 0 Å². The number of thiophene rings is 1. The maximum atomic E-state index is 11.2. The standard InChI is InChI=1S/C8H4Cl2OS/c1-2-3-6(11)5-4-7(9)12-8(5)10/h1,4H,3H2. The molecule has 1 rings (SSSR count). The number of carbonyl (C=O) groups is 1. The number of terminal acetylenes is 1. The highest BCUT2D eigenvalue weighted by atomic mass is 35.5. The second-order valence-corrected chi connectivity index (χ2v) is 4.33. The van der Waals surface area contributed by atoms with Crippen molar-refractivity contribution in [2.75, 3.05) is 0 Å². The van der Waals surface area contributed by atoms with Crippen LogP contribution < -0.4 is 0 Å². The summed E-state index contributed by atoms with van der Waals surface area (Å²) in [6.07, 6.45) is 5.04. The smallest absolute Gasteiger partial charge is 0.177 e. The minimum absolute atomic E-state index is 0.0623. The van der Waals surface area contributed by atoms with E-state index in [2.05, 4.69) is 5.92 Å². The Kier molecular flexibility index (Phi) is 3.16. The molecule has 0 spiro atoms. The number of Topliss-reactive ketones (excluding diaryl/α,β-unsaturated/α-hetero) is 1. The Labute approximate surface area is 84.3 Å². The molecule has 0 aliphatic carbocycles. The van der Waals surface area contributed by atoms with Crippen LogP contribution in [0.4, 0.5) is 0 Å². The van der Waals surface area contributed by atoms with Crippen LogP contribution in [0.15, 0.2) is 6.07 Å². The molecule has 0 unspecified atom stereocenters. The fourth-order valence-corrected chi connectivity index (χ4v) is 2.22. The Bertz CT molecular complexity index is 348. The van der Waals surface area contributed by atoms with Crippen molar-refractivity contribution in [3.63, 3.8) is 0 Å². The molecule has 4 heteroatoms. The SMILES string of the molecule is C#CCC(=O)c1cc(Cl)sc1Cl. The van der Waals surface area contributed by atoms with Gasteiger partial charge in [0.15, 0.2) is 5.78 Å². The minimum Gasteiger partial charge on any atom is -0.293 e. The summed E-state index contributed by atoms with van der Waals surface area (Å²) in [7, 11) is 0. The molecule has 0 radical (unpaired) electrons. The van der Waals surface area contributed by atoms with Gasteiger partial charge in [-0.25, -0.2) is 0 Å². The van der Waals surface area contributed by atoms with Crippen molar-refractivity contribution in [2.24, 2.45) is 0 Å². The Morgan fingerprint density at radius 1 is 1.67 bits per heavy atom. The second kappa shape index (κ2) is 3.95. The molecule has 1 aromatic rings. The Balaban J connectivity index is 2.96. The molecule has 0 aliphatic heterocycles. The van der Waals surface area contributed by atoms with Crippen LogP contribution in [0.1, 0.15) is 16.8 Å². The van der Waals surface area contributed by atoms with Crippen LogP contribution in [0.2, 0.25) is 8.67 Å². The third kappa shape index (κ3) is 2.01. The average molecular weight is 219 g/mol. The van der Waals surface area contributed by atoms with Gasteiger partial charge in [0.25, 0.3) is 0 Å². The summed E-state index contributed by atoms with van der Waals surface area (Å²) in [4.78, 5) is 11.2. The lowest BCUT2D eigenvalue weighted by atomic mass is 10.2. The van der Waals surface area contributed by atoms with Crippen LogP contribution in [-0.4, -0.2) is 5.78 Å². The number of hydrogen-bond donors (Lipinski definition) is 0. The molecule has 0 saturated carbocycles. The molecule has 0 aliphatic rings. The third-order valence-electron chi connectivity index (χ3n) is 1.22. The zero-order valence-corrected chi connectivity index (χ0v) is 8.26. The van der Waals surface area contributed by atoms with Gasteiger partial charge in [-0.2, -0.15) is 0 Å². The Morgan fingerprint density at radius 3 is 2.75 bits per heavy atom. The number of hydrogen-bond acceptors (Lipinski definition) is 2. The van der Waals surface area contributed by atoms with E-state index < -0.39 is 0 Å². The highest BCUT2D eigenvalue weighted by Crippen LogP contribution is 2.31. The largest absolute Gasteiger partial charge is 0.293 e. The predicted octanol–water partition coefficient (Wildman–Crippen LogP) is 3.26. The monoisotopic (exact) mass is 218 g/mol. The van der Waals surface area contributed by atoms with Crippen molar-refractivity contribution in [1.29, 1.82) is 0 Å². The summed E-state index contributed by atoms with van der Waals surface area (Å²) in [5.41, 5.74) is 0.421. The summed E-state index contributed by atoms with van der Waals surface area (Å²) < 4.78 is 0.903. The minimum atomic E-state index is -0.161. The number of rotatable bonds is 2. The average Bonchev–Trinajstić information content (AvgIpc) is 2.30. The first-order valence-electron chi connectivity index (χ1n) is 3.06. The second-order valence-electron chi connectivity index (χ2n) is 2.04. The molecular formula is C8H4Cl2OS. The molecule has 1 nitrogen and oxygen atoms in total. The fourth-order valence-electron chi connectivity index (χ4n) is 0.718. The van der Waals surface area contributed by atoms with Crippen molar-refractivity contribution in [3.8, 4) is 12.3 Å². The Morgan fingerprint density at radius 2 is 2.33 bits per heavy atom. The number of ketones is 1. The van der Waals surface area contributed by atoms with Gasteiger partial charge in [0.2, 0.25) is 0 Å². The zero-order valence-electron chi connectivity index (χ0n) is 5.93. The van der Waals surface area contributed by atoms with E-state index in [1.807, 2.05) is 0 Å². The van der Waals surface area contributed by atoms with E-state index in [4.69, 9.17) is 29.6 Å². The molecule has 12 heavy (non-hydrogen) atoms. The molecule has 0 bridgehead atoms. The van der Waals surface area contributed by atoms with Crippen LogP contribution in [0.25, 0.3) is 0 Å². The molecular weight excluding hydrogens is 215 g/mol. The van der Waals surface area contributed by atoms with Crippen LogP contribution in [-0.2, 0) is 0 Å². The van der Waals surface area contributed by atoms with Crippen molar-refractivity contribution < 1.29 is 4.79 Å². The van der Waals surface area contributed by atoms with E-state index >= 15 is 0 Å². The van der Waals surface area contributed by atoms with Gasteiger partial charge in [-0.15, -0.1) is 17.8 Å². The van der Waals surface area contributed by atoms with Crippen LogP contribution in [0.3, 0.4) is 0 Å². The summed E-state index contributed by atoms with van der Waals surface area (Å²) in [5, 5.41) is 0. The molecule has 0 saturated heterocycles. The maximum Gasteiger partial charge on any atom is 0.177 e. The molecule has 1 heterocycles. The Hall–Kier alpha value is -0.490. The predicted molar refractivity (Wildman–Crippen MR) is 52.1 cm³/mol. The van der Waals surface area contributed by atoms with Crippen LogP contribution in [0, 0.1) is 12.3 Å². The topological polar surface area (TPSA) is 17.1 Å². The highest BCUT2D eigenvalue weighted by molar-refractivity contribution is 7.20. The van der Waals surface area contributed by atoms with Crippen molar-refractivity contribution >= 4 is 40.3 Å². The number of halogens is 2. The molecule has 0 aromatic carbocycles. The van der Waals surface area contributed by atoms with Gasteiger partial charge in [-0.1, -0.05) is 29.1 Å². The van der Waals surface area contributed by atoms with E-state index in [0.717, 1.165) is 11.3 Å². The van der Waals surface area contributed by atoms with E-state index in [-0.39, 0.29) is 12.2 Å². The maximum absolute atomic E-state index is 11.2. The zero-order chi connectivity index (χ0) is 9.14. The molecule has 1 aromatic heterocycles. The fraction of sp³-hybridized carbons (Fsp3) is 0.125. The molecule has 62 valence electrons. The van der Waals surface area contributed by atoms with Gasteiger partial charge in [-0.05, 0) is 6.07 Å². The van der Waals surface area contributed by atoms with Gasteiger partial charge in [0.1, 0.15) is 4.34 Å². The quantitative estimate of drug-likeness (QED) is 0.551. The van der Waals surface area contributed by atoms with Gasteiger partial charge < -0.3 is 0 Å². The van der Waals surface area contributed by atoms with Crippen molar-refractivity contribution in [2.45, 2.75) is 6.42 Å². The molecule has 0 N–H and O–H groups in total. The van der Waals surface area contributed by atoms with Crippen LogP contribution >= 0.6 is 34.5 Å². The number of carbonyl (C=O) groups excluding carboxylic acids is 1. The van der Waals surface area contributed by atoms with Crippen molar-refractivity contribution in [3.05, 3.63) is 20.3 Å². The molecule has 0 fully saturated rings. The third-order valence-corrected chi connectivity index (χ3v) is 2.71. The van der Waals surface area contributed by atoms with Gasteiger partial charge in [0.05, 0.1) is 10.8 Å². The first-order valence-corrected chi connectivity index (χ1v) is 4.64.